The maximum Gasteiger partial charge on any atom is 0.0402 e. The van der Waals surface area contributed by atoms with E-state index in [0.29, 0.717) is 0 Å². The van der Waals surface area contributed by atoms with Crippen LogP contribution >= 0.6 is 0 Å². The highest BCUT2D eigenvalue weighted by molar-refractivity contribution is 5.67. The Labute approximate surface area is 85.1 Å². The Morgan fingerprint density at radius 2 is 2.21 bits per heavy atom. The minimum Gasteiger partial charge on any atom is -0.312 e. The van der Waals surface area contributed by atoms with E-state index in [0.717, 1.165) is 25.2 Å². The van der Waals surface area contributed by atoms with Crippen molar-refractivity contribution in [3.05, 3.63) is 35.2 Å². The molecule has 0 aliphatic carbocycles. The number of aromatic nitrogens is 1. The summed E-state index contributed by atoms with van der Waals surface area (Å²) in [5, 5.41) is 3.37. The maximum absolute atomic E-state index is 4.39. The Bertz CT molecular complexity index is 367. The molecule has 2 heterocycles. The number of pyridine rings is 1. The van der Waals surface area contributed by atoms with Gasteiger partial charge >= 0.3 is 0 Å². The van der Waals surface area contributed by atoms with Gasteiger partial charge in [-0.3, -0.25) is 4.98 Å². The molecule has 1 N–H and O–H groups in total. The fourth-order valence-electron chi connectivity index (χ4n) is 1.68. The van der Waals surface area contributed by atoms with Crippen molar-refractivity contribution in [1.82, 2.24) is 10.3 Å². The molecule has 2 rings (SSSR count). The molecule has 1 aromatic rings. The molecule has 14 heavy (non-hydrogen) atoms. The van der Waals surface area contributed by atoms with Crippen LogP contribution in [0.5, 0.6) is 0 Å². The molecule has 0 unspecified atom stereocenters. The van der Waals surface area contributed by atoms with Gasteiger partial charge in [0.25, 0.3) is 0 Å². The van der Waals surface area contributed by atoms with Gasteiger partial charge in [0.1, 0.15) is 0 Å². The van der Waals surface area contributed by atoms with Crippen molar-refractivity contribution in [2.45, 2.75) is 20.3 Å². The van der Waals surface area contributed by atoms with E-state index >= 15 is 0 Å². The number of hydrogen-bond donors (Lipinski definition) is 1. The van der Waals surface area contributed by atoms with Crippen LogP contribution in [-0.2, 0) is 0 Å². The summed E-state index contributed by atoms with van der Waals surface area (Å²) >= 11 is 0. The van der Waals surface area contributed by atoms with E-state index in [1.807, 2.05) is 13.1 Å². The molecular weight excluding hydrogens is 172 g/mol. The lowest BCUT2D eigenvalue weighted by Gasteiger charge is -2.14. The summed E-state index contributed by atoms with van der Waals surface area (Å²) in [6.07, 6.45) is 5.41. The van der Waals surface area contributed by atoms with E-state index in [9.17, 15) is 0 Å². The zero-order chi connectivity index (χ0) is 9.97. The fraction of sp³-hybridized carbons (Fsp3) is 0.417. The van der Waals surface area contributed by atoms with Gasteiger partial charge in [0, 0.05) is 18.4 Å². The monoisotopic (exact) mass is 188 g/mol. The van der Waals surface area contributed by atoms with E-state index in [1.54, 1.807) is 0 Å². The smallest absolute Gasteiger partial charge is 0.0402 e. The number of nitrogens with one attached hydrogen (secondary N) is 1. The SMILES string of the molecule is Cc1cc(C2=CCCNC2)cnc1C. The minimum atomic E-state index is 0.976. The summed E-state index contributed by atoms with van der Waals surface area (Å²) in [6, 6.07) is 2.22. The van der Waals surface area contributed by atoms with Crippen LogP contribution in [0.2, 0.25) is 0 Å². The van der Waals surface area contributed by atoms with Crippen LogP contribution in [0.15, 0.2) is 18.3 Å². The first-order chi connectivity index (χ1) is 6.77. The molecule has 0 radical (unpaired) electrons. The van der Waals surface area contributed by atoms with Gasteiger partial charge in [0.05, 0.1) is 0 Å². The summed E-state index contributed by atoms with van der Waals surface area (Å²) in [5.41, 5.74) is 5.04. The van der Waals surface area contributed by atoms with Gasteiger partial charge in [0.15, 0.2) is 0 Å². The highest BCUT2D eigenvalue weighted by Gasteiger charge is 2.06. The molecule has 0 atom stereocenters. The van der Waals surface area contributed by atoms with Crippen molar-refractivity contribution < 1.29 is 0 Å². The van der Waals surface area contributed by atoms with Crippen LogP contribution in [0.3, 0.4) is 0 Å². The Hall–Kier alpha value is -1.15. The molecule has 2 nitrogen and oxygen atoms in total. The average molecular weight is 188 g/mol. The molecule has 0 saturated heterocycles. The quantitative estimate of drug-likeness (QED) is 0.729. The molecule has 0 aromatic carbocycles. The van der Waals surface area contributed by atoms with E-state index in [1.165, 1.54) is 16.7 Å². The van der Waals surface area contributed by atoms with E-state index in [-0.39, 0.29) is 0 Å². The third-order valence-corrected chi connectivity index (χ3v) is 2.74. The Morgan fingerprint density at radius 3 is 2.86 bits per heavy atom. The van der Waals surface area contributed by atoms with Gasteiger partial charge in [-0.25, -0.2) is 0 Å². The van der Waals surface area contributed by atoms with Crippen LogP contribution in [-0.4, -0.2) is 18.1 Å². The first-order valence-electron chi connectivity index (χ1n) is 5.11. The van der Waals surface area contributed by atoms with E-state index < -0.39 is 0 Å². The Balaban J connectivity index is 2.32. The zero-order valence-electron chi connectivity index (χ0n) is 8.80. The molecule has 1 aromatic heterocycles. The third kappa shape index (κ3) is 1.85. The van der Waals surface area contributed by atoms with Crippen LogP contribution in [0.1, 0.15) is 23.2 Å². The van der Waals surface area contributed by atoms with Crippen LogP contribution in [0.4, 0.5) is 0 Å². The molecule has 1 aliphatic heterocycles. The first kappa shape index (κ1) is 9.41. The second kappa shape index (κ2) is 3.93. The van der Waals surface area contributed by atoms with Crippen LogP contribution < -0.4 is 5.32 Å². The lowest BCUT2D eigenvalue weighted by atomic mass is 10.0. The second-order valence-electron chi connectivity index (χ2n) is 3.82. The van der Waals surface area contributed by atoms with Crippen molar-refractivity contribution in [2.24, 2.45) is 0 Å². The van der Waals surface area contributed by atoms with Crippen LogP contribution in [0.25, 0.3) is 5.57 Å². The predicted octanol–water partition coefficient (Wildman–Crippen LogP) is 2.08. The standard InChI is InChI=1S/C12H16N2/c1-9-6-12(8-14-10(9)2)11-4-3-5-13-7-11/h4,6,8,13H,3,5,7H2,1-2H3. The Morgan fingerprint density at radius 1 is 1.36 bits per heavy atom. The van der Waals surface area contributed by atoms with Gasteiger partial charge in [-0.15, -0.1) is 0 Å². The number of aryl methyl sites for hydroxylation is 2. The van der Waals surface area contributed by atoms with Crippen molar-refractivity contribution in [2.75, 3.05) is 13.1 Å². The maximum atomic E-state index is 4.39. The first-order valence-corrected chi connectivity index (χ1v) is 5.11. The average Bonchev–Trinajstić information content (AvgIpc) is 2.23. The van der Waals surface area contributed by atoms with Crippen molar-refractivity contribution in [1.29, 1.82) is 0 Å². The van der Waals surface area contributed by atoms with Crippen molar-refractivity contribution in [3.8, 4) is 0 Å². The number of hydrogen-bond acceptors (Lipinski definition) is 2. The van der Waals surface area contributed by atoms with Gasteiger partial charge in [-0.2, -0.15) is 0 Å². The predicted molar refractivity (Wildman–Crippen MR) is 59.2 cm³/mol. The topological polar surface area (TPSA) is 24.9 Å². The fourth-order valence-corrected chi connectivity index (χ4v) is 1.68. The van der Waals surface area contributed by atoms with Gasteiger partial charge in [0.2, 0.25) is 0 Å². The second-order valence-corrected chi connectivity index (χ2v) is 3.82. The normalized spacial score (nSPS) is 16.6. The molecule has 0 amide bonds. The number of rotatable bonds is 1. The lowest BCUT2D eigenvalue weighted by molar-refractivity contribution is 0.739. The summed E-state index contributed by atoms with van der Waals surface area (Å²) in [5.74, 6) is 0. The summed E-state index contributed by atoms with van der Waals surface area (Å²) in [7, 11) is 0. The molecule has 0 bridgehead atoms. The van der Waals surface area contributed by atoms with Crippen molar-refractivity contribution in [3.63, 3.8) is 0 Å². The molecule has 74 valence electrons. The molecular formula is C12H16N2. The lowest BCUT2D eigenvalue weighted by Crippen LogP contribution is -2.21. The molecule has 0 fully saturated rings. The minimum absolute atomic E-state index is 0.976. The van der Waals surface area contributed by atoms with Gasteiger partial charge in [-0.05, 0) is 49.6 Å². The van der Waals surface area contributed by atoms with E-state index in [4.69, 9.17) is 0 Å². The molecule has 0 spiro atoms. The highest BCUT2D eigenvalue weighted by atomic mass is 14.9. The highest BCUT2D eigenvalue weighted by Crippen LogP contribution is 2.17. The summed E-state index contributed by atoms with van der Waals surface area (Å²) in [6.45, 7) is 6.24. The number of nitrogens with zero attached hydrogens (tertiary/aromatic N) is 1. The Kier molecular flexibility index (Phi) is 2.64. The molecule has 0 saturated carbocycles. The third-order valence-electron chi connectivity index (χ3n) is 2.74. The molecule has 1 aliphatic rings. The van der Waals surface area contributed by atoms with Crippen LogP contribution in [0, 0.1) is 13.8 Å². The van der Waals surface area contributed by atoms with Crippen molar-refractivity contribution >= 4 is 5.57 Å². The van der Waals surface area contributed by atoms with Gasteiger partial charge < -0.3 is 5.32 Å². The zero-order valence-corrected chi connectivity index (χ0v) is 8.80. The van der Waals surface area contributed by atoms with E-state index in [2.05, 4.69) is 29.4 Å². The summed E-state index contributed by atoms with van der Waals surface area (Å²) < 4.78 is 0. The molecule has 2 heteroatoms. The largest absolute Gasteiger partial charge is 0.312 e. The van der Waals surface area contributed by atoms with Gasteiger partial charge in [-0.1, -0.05) is 6.08 Å². The summed E-state index contributed by atoms with van der Waals surface area (Å²) in [4.78, 5) is 4.39.